The minimum Gasteiger partial charge on any atom is -0.393 e. The molecule has 1 heterocycles. The van der Waals surface area contributed by atoms with Crippen molar-refractivity contribution in [1.29, 1.82) is 0 Å². The van der Waals surface area contributed by atoms with Crippen LogP contribution in [0.2, 0.25) is 0 Å². The van der Waals surface area contributed by atoms with Gasteiger partial charge in [0.05, 0.1) is 16.4 Å². The second kappa shape index (κ2) is 5.96. The van der Waals surface area contributed by atoms with E-state index in [1.54, 1.807) is 7.11 Å². The van der Waals surface area contributed by atoms with Gasteiger partial charge >= 0.3 is 0 Å². The molecular weight excluding hydrogens is 298 g/mol. The predicted octanol–water partition coefficient (Wildman–Crippen LogP) is 0.834. The molecule has 21 heavy (non-hydrogen) atoms. The Morgan fingerprint density at radius 1 is 1.52 bits per heavy atom. The van der Waals surface area contributed by atoms with Gasteiger partial charge in [0.1, 0.15) is 5.69 Å². The van der Waals surface area contributed by atoms with Gasteiger partial charge in [0, 0.05) is 26.3 Å². The fourth-order valence-corrected chi connectivity index (χ4v) is 3.93. The number of hydrogen-bond acceptors (Lipinski definition) is 6. The molecule has 1 aliphatic heterocycles. The Morgan fingerprint density at radius 2 is 2.24 bits per heavy atom. The van der Waals surface area contributed by atoms with Gasteiger partial charge in [-0.1, -0.05) is 0 Å². The lowest BCUT2D eigenvalue weighted by Crippen LogP contribution is -2.29. The highest BCUT2D eigenvalue weighted by atomic mass is 32.2. The summed E-state index contributed by atoms with van der Waals surface area (Å²) in [6.07, 6.45) is 0.712. The van der Waals surface area contributed by atoms with Crippen LogP contribution in [-0.2, 0) is 14.8 Å². The van der Waals surface area contributed by atoms with Gasteiger partial charge in [-0.25, -0.2) is 8.42 Å². The van der Waals surface area contributed by atoms with E-state index in [1.165, 1.54) is 16.4 Å². The number of nitrogens with two attached hydrogens (primary N) is 1. The van der Waals surface area contributed by atoms with E-state index in [4.69, 9.17) is 10.5 Å². The first-order valence-electron chi connectivity index (χ1n) is 6.39. The summed E-state index contributed by atoms with van der Waals surface area (Å²) >= 11 is 0. The van der Waals surface area contributed by atoms with E-state index in [0.29, 0.717) is 26.1 Å². The minimum absolute atomic E-state index is 0.0577. The summed E-state index contributed by atoms with van der Waals surface area (Å²) < 4.78 is 31.3. The number of hydrogen-bond donors (Lipinski definition) is 1. The first-order chi connectivity index (χ1) is 9.86. The quantitative estimate of drug-likeness (QED) is 0.489. The van der Waals surface area contributed by atoms with Crippen molar-refractivity contribution in [3.8, 4) is 0 Å². The molecule has 2 rings (SSSR count). The van der Waals surface area contributed by atoms with E-state index in [9.17, 15) is 18.5 Å². The van der Waals surface area contributed by atoms with E-state index >= 15 is 0 Å². The molecule has 0 amide bonds. The Hall–Kier alpha value is -1.71. The second-order valence-corrected chi connectivity index (χ2v) is 6.89. The zero-order chi connectivity index (χ0) is 15.6. The van der Waals surface area contributed by atoms with Crippen LogP contribution in [0.25, 0.3) is 0 Å². The standard InChI is InChI=1S/C12H17N3O5S/c1-20-8-9-4-5-14(7-9)21(18,19)10-2-3-11(13)12(6-10)15(16)17/h2-3,6,9H,4-5,7-8,13H2,1H3. The molecule has 1 saturated heterocycles. The monoisotopic (exact) mass is 315 g/mol. The number of anilines is 1. The van der Waals surface area contributed by atoms with Crippen molar-refractivity contribution in [3.63, 3.8) is 0 Å². The van der Waals surface area contributed by atoms with E-state index in [2.05, 4.69) is 0 Å². The summed E-state index contributed by atoms with van der Waals surface area (Å²) in [5, 5.41) is 10.9. The summed E-state index contributed by atoms with van der Waals surface area (Å²) in [5.41, 5.74) is 5.03. The highest BCUT2D eigenvalue weighted by Crippen LogP contribution is 2.29. The van der Waals surface area contributed by atoms with Crippen LogP contribution in [0.1, 0.15) is 6.42 Å². The Bertz CT molecular complexity index is 646. The van der Waals surface area contributed by atoms with Crippen molar-refractivity contribution in [2.45, 2.75) is 11.3 Å². The topological polar surface area (TPSA) is 116 Å². The van der Waals surface area contributed by atoms with E-state index < -0.39 is 20.6 Å². The number of nitro benzene ring substituents is 1. The largest absolute Gasteiger partial charge is 0.393 e. The lowest BCUT2D eigenvalue weighted by molar-refractivity contribution is -0.384. The van der Waals surface area contributed by atoms with Crippen LogP contribution >= 0.6 is 0 Å². The number of benzene rings is 1. The zero-order valence-corrected chi connectivity index (χ0v) is 12.4. The van der Waals surface area contributed by atoms with Gasteiger partial charge in [0.25, 0.3) is 5.69 Å². The van der Waals surface area contributed by atoms with Crippen LogP contribution in [0.4, 0.5) is 11.4 Å². The van der Waals surface area contributed by atoms with Crippen molar-refractivity contribution < 1.29 is 18.1 Å². The van der Waals surface area contributed by atoms with Gasteiger partial charge in [0.2, 0.25) is 10.0 Å². The SMILES string of the molecule is COCC1CCN(S(=O)(=O)c2ccc(N)c([N+](=O)[O-])c2)C1. The molecule has 1 aromatic carbocycles. The Labute approximate surface area is 122 Å². The smallest absolute Gasteiger partial charge is 0.293 e. The van der Waals surface area contributed by atoms with Crippen LogP contribution in [0.15, 0.2) is 23.1 Å². The normalized spacial score (nSPS) is 19.8. The Kier molecular flexibility index (Phi) is 4.45. The van der Waals surface area contributed by atoms with Crippen LogP contribution in [0.5, 0.6) is 0 Å². The lowest BCUT2D eigenvalue weighted by Gasteiger charge is -2.16. The number of rotatable bonds is 5. The fraction of sp³-hybridized carbons (Fsp3) is 0.500. The van der Waals surface area contributed by atoms with Gasteiger partial charge in [0.15, 0.2) is 0 Å². The first-order valence-corrected chi connectivity index (χ1v) is 7.83. The third-order valence-electron chi connectivity index (χ3n) is 3.49. The van der Waals surface area contributed by atoms with Crippen LogP contribution in [-0.4, -0.2) is 44.5 Å². The highest BCUT2D eigenvalue weighted by Gasteiger charge is 2.33. The molecule has 8 nitrogen and oxygen atoms in total. The molecule has 0 aromatic heterocycles. The van der Waals surface area contributed by atoms with E-state index in [-0.39, 0.29) is 16.5 Å². The molecule has 9 heteroatoms. The average molecular weight is 315 g/mol. The molecule has 0 saturated carbocycles. The minimum atomic E-state index is -3.74. The van der Waals surface area contributed by atoms with Crippen molar-refractivity contribution in [1.82, 2.24) is 4.31 Å². The molecule has 0 aliphatic carbocycles. The fourth-order valence-electron chi connectivity index (χ4n) is 2.38. The summed E-state index contributed by atoms with van der Waals surface area (Å²) in [6, 6.07) is 3.54. The van der Waals surface area contributed by atoms with Gasteiger partial charge in [-0.15, -0.1) is 0 Å². The molecular formula is C12H17N3O5S. The van der Waals surface area contributed by atoms with Gasteiger partial charge in [-0.2, -0.15) is 4.31 Å². The molecule has 1 atom stereocenters. The van der Waals surface area contributed by atoms with Crippen LogP contribution in [0.3, 0.4) is 0 Å². The Balaban J connectivity index is 2.28. The van der Waals surface area contributed by atoms with Crippen molar-refractivity contribution >= 4 is 21.4 Å². The van der Waals surface area contributed by atoms with E-state index in [0.717, 1.165) is 6.07 Å². The third-order valence-corrected chi connectivity index (χ3v) is 5.35. The highest BCUT2D eigenvalue weighted by molar-refractivity contribution is 7.89. The predicted molar refractivity (Wildman–Crippen MR) is 76.3 cm³/mol. The first kappa shape index (κ1) is 15.7. The third kappa shape index (κ3) is 3.14. The van der Waals surface area contributed by atoms with Gasteiger partial charge < -0.3 is 10.5 Å². The molecule has 1 fully saturated rings. The molecule has 0 radical (unpaired) electrons. The maximum atomic E-state index is 12.5. The van der Waals surface area contributed by atoms with Crippen LogP contribution < -0.4 is 5.73 Å². The van der Waals surface area contributed by atoms with Crippen molar-refractivity contribution in [2.75, 3.05) is 32.5 Å². The average Bonchev–Trinajstić information content (AvgIpc) is 2.88. The number of nitro groups is 1. The summed E-state index contributed by atoms with van der Waals surface area (Å²) in [5.74, 6) is 0.147. The number of nitrogens with zero attached hydrogens (tertiary/aromatic N) is 2. The molecule has 0 bridgehead atoms. The van der Waals surface area contributed by atoms with Gasteiger partial charge in [-0.3, -0.25) is 10.1 Å². The molecule has 0 spiro atoms. The maximum absolute atomic E-state index is 12.5. The maximum Gasteiger partial charge on any atom is 0.293 e. The molecule has 1 aliphatic rings. The zero-order valence-electron chi connectivity index (χ0n) is 11.6. The number of sulfonamides is 1. The lowest BCUT2D eigenvalue weighted by atomic mass is 10.1. The summed E-state index contributed by atoms with van der Waals surface area (Å²) in [4.78, 5) is 10.1. The number of nitrogen functional groups attached to an aromatic ring is 1. The number of methoxy groups -OCH3 is 1. The molecule has 116 valence electrons. The molecule has 1 aromatic rings. The summed E-state index contributed by atoms with van der Waals surface area (Å²) in [6.45, 7) is 1.23. The van der Waals surface area contributed by atoms with Crippen LogP contribution in [0, 0.1) is 16.0 Å². The Morgan fingerprint density at radius 3 is 2.86 bits per heavy atom. The number of ether oxygens (including phenoxy) is 1. The van der Waals surface area contributed by atoms with E-state index in [1.807, 2.05) is 0 Å². The van der Waals surface area contributed by atoms with Crippen molar-refractivity contribution in [2.24, 2.45) is 5.92 Å². The second-order valence-electron chi connectivity index (χ2n) is 4.95. The molecule has 2 N–H and O–H groups in total. The summed E-state index contributed by atoms with van der Waals surface area (Å²) in [7, 11) is -2.17. The van der Waals surface area contributed by atoms with Crippen molar-refractivity contribution in [3.05, 3.63) is 28.3 Å². The van der Waals surface area contributed by atoms with Gasteiger partial charge in [-0.05, 0) is 24.5 Å². The molecule has 1 unspecified atom stereocenters.